The van der Waals surface area contributed by atoms with Crippen LogP contribution >= 0.6 is 0 Å². The standard InChI is InChI=1S/C15H17N5O2/c1-19-13(11(8-16)14(21)20(2)15(19)22)18-9-12(17)10-6-4-3-5-7-10/h3-7,12,18H,9,17H2,1-2H3. The van der Waals surface area contributed by atoms with Gasteiger partial charge < -0.3 is 11.1 Å². The van der Waals surface area contributed by atoms with Gasteiger partial charge in [-0.1, -0.05) is 30.3 Å². The largest absolute Gasteiger partial charge is 0.368 e. The lowest BCUT2D eigenvalue weighted by atomic mass is 10.1. The van der Waals surface area contributed by atoms with Crippen LogP contribution in [0.3, 0.4) is 0 Å². The quantitative estimate of drug-likeness (QED) is 0.831. The van der Waals surface area contributed by atoms with E-state index in [0.717, 1.165) is 10.1 Å². The molecule has 1 aromatic carbocycles. The molecular formula is C15H17N5O2. The van der Waals surface area contributed by atoms with Gasteiger partial charge in [0.05, 0.1) is 0 Å². The van der Waals surface area contributed by atoms with E-state index in [1.165, 1.54) is 18.7 Å². The molecular weight excluding hydrogens is 282 g/mol. The molecule has 0 spiro atoms. The molecule has 1 atom stereocenters. The zero-order chi connectivity index (χ0) is 16.3. The van der Waals surface area contributed by atoms with E-state index in [1.54, 1.807) is 0 Å². The lowest BCUT2D eigenvalue weighted by molar-refractivity contribution is 0.677. The molecule has 7 nitrogen and oxygen atoms in total. The molecule has 114 valence electrons. The summed E-state index contributed by atoms with van der Waals surface area (Å²) in [5.41, 5.74) is 5.76. The van der Waals surface area contributed by atoms with Crippen LogP contribution in [0.4, 0.5) is 5.82 Å². The second kappa shape index (κ2) is 6.28. The van der Waals surface area contributed by atoms with Crippen molar-refractivity contribution in [2.45, 2.75) is 6.04 Å². The Morgan fingerprint density at radius 3 is 2.45 bits per heavy atom. The number of nitrogens with one attached hydrogen (secondary N) is 1. The number of nitrogens with two attached hydrogens (primary N) is 1. The Morgan fingerprint density at radius 1 is 1.23 bits per heavy atom. The third-order valence-corrected chi connectivity index (χ3v) is 3.49. The van der Waals surface area contributed by atoms with Crippen LogP contribution in [-0.4, -0.2) is 15.7 Å². The van der Waals surface area contributed by atoms with Crippen molar-refractivity contribution in [2.24, 2.45) is 19.8 Å². The van der Waals surface area contributed by atoms with Crippen LogP contribution in [0.5, 0.6) is 0 Å². The minimum atomic E-state index is -0.624. The van der Waals surface area contributed by atoms with Gasteiger partial charge in [-0.05, 0) is 5.56 Å². The molecule has 0 aliphatic carbocycles. The average molecular weight is 299 g/mol. The van der Waals surface area contributed by atoms with Crippen molar-refractivity contribution in [3.63, 3.8) is 0 Å². The van der Waals surface area contributed by atoms with Crippen LogP contribution in [0.25, 0.3) is 0 Å². The fraction of sp³-hybridized carbons (Fsp3) is 0.267. The normalized spacial score (nSPS) is 11.7. The summed E-state index contributed by atoms with van der Waals surface area (Å²) in [6, 6.07) is 10.9. The van der Waals surface area contributed by atoms with Crippen LogP contribution in [0.1, 0.15) is 17.2 Å². The maximum Gasteiger partial charge on any atom is 0.332 e. The molecule has 0 aliphatic heterocycles. The van der Waals surface area contributed by atoms with Crippen LogP contribution in [0.2, 0.25) is 0 Å². The van der Waals surface area contributed by atoms with Crippen LogP contribution in [-0.2, 0) is 14.1 Å². The van der Waals surface area contributed by atoms with Crippen molar-refractivity contribution in [1.29, 1.82) is 5.26 Å². The van der Waals surface area contributed by atoms with Gasteiger partial charge in [-0.2, -0.15) is 5.26 Å². The zero-order valence-electron chi connectivity index (χ0n) is 12.4. The molecule has 0 saturated heterocycles. The molecule has 0 saturated carbocycles. The Kier molecular flexibility index (Phi) is 4.44. The molecule has 1 heterocycles. The Balaban J connectivity index is 2.33. The van der Waals surface area contributed by atoms with Crippen LogP contribution < -0.4 is 22.3 Å². The fourth-order valence-corrected chi connectivity index (χ4v) is 2.18. The first-order valence-corrected chi connectivity index (χ1v) is 6.72. The second-order valence-electron chi connectivity index (χ2n) is 4.94. The van der Waals surface area contributed by atoms with Crippen LogP contribution in [0.15, 0.2) is 39.9 Å². The predicted octanol–water partition coefficient (Wildman–Crippen LogP) is 0.0676. The summed E-state index contributed by atoms with van der Waals surface area (Å²) in [5, 5.41) is 12.1. The van der Waals surface area contributed by atoms with Gasteiger partial charge in [0, 0.05) is 26.7 Å². The SMILES string of the molecule is Cn1c(NCC(N)c2ccccc2)c(C#N)c(=O)n(C)c1=O. The predicted molar refractivity (Wildman–Crippen MR) is 83.5 cm³/mol. The first-order chi connectivity index (χ1) is 10.5. The molecule has 0 radical (unpaired) electrons. The zero-order valence-corrected chi connectivity index (χ0v) is 12.4. The van der Waals surface area contributed by atoms with Gasteiger partial charge in [0.25, 0.3) is 5.56 Å². The summed E-state index contributed by atoms with van der Waals surface area (Å²) < 4.78 is 2.14. The monoisotopic (exact) mass is 299 g/mol. The van der Waals surface area contributed by atoms with Gasteiger partial charge in [0.2, 0.25) is 0 Å². The number of nitrogens with zero attached hydrogens (tertiary/aromatic N) is 3. The molecule has 0 amide bonds. The summed E-state index contributed by atoms with van der Waals surface area (Å²) in [4.78, 5) is 23.9. The van der Waals surface area contributed by atoms with Crippen molar-refractivity contribution in [3.8, 4) is 6.07 Å². The highest BCUT2D eigenvalue weighted by atomic mass is 16.2. The smallest absolute Gasteiger partial charge is 0.332 e. The van der Waals surface area contributed by atoms with Crippen molar-refractivity contribution >= 4 is 5.82 Å². The highest BCUT2D eigenvalue weighted by molar-refractivity contribution is 5.51. The average Bonchev–Trinajstić information content (AvgIpc) is 2.55. The molecule has 1 aromatic heterocycles. The summed E-state index contributed by atoms with van der Waals surface area (Å²) >= 11 is 0. The van der Waals surface area contributed by atoms with E-state index in [4.69, 9.17) is 5.73 Å². The number of nitriles is 1. The number of anilines is 1. The summed E-state index contributed by atoms with van der Waals surface area (Å²) in [5.74, 6) is 0.182. The topological polar surface area (TPSA) is 106 Å². The van der Waals surface area contributed by atoms with E-state index in [0.29, 0.717) is 6.54 Å². The molecule has 2 rings (SSSR count). The maximum absolute atomic E-state index is 12.0. The Hall–Kier alpha value is -2.85. The number of hydrogen-bond acceptors (Lipinski definition) is 5. The van der Waals surface area contributed by atoms with E-state index in [1.807, 2.05) is 36.4 Å². The molecule has 0 bridgehead atoms. The highest BCUT2D eigenvalue weighted by Gasteiger charge is 2.16. The molecule has 2 aromatic rings. The molecule has 0 aliphatic rings. The minimum absolute atomic E-state index is 0.107. The number of benzene rings is 1. The first kappa shape index (κ1) is 15.5. The van der Waals surface area contributed by atoms with E-state index < -0.39 is 11.2 Å². The molecule has 3 N–H and O–H groups in total. The molecule has 0 fully saturated rings. The van der Waals surface area contributed by atoms with Crippen molar-refractivity contribution < 1.29 is 0 Å². The Bertz CT molecular complexity index is 830. The van der Waals surface area contributed by atoms with Gasteiger partial charge in [-0.25, -0.2) is 4.79 Å². The van der Waals surface area contributed by atoms with Crippen molar-refractivity contribution in [1.82, 2.24) is 9.13 Å². The molecule has 7 heteroatoms. The number of aromatic nitrogens is 2. The molecule has 1 unspecified atom stereocenters. The second-order valence-corrected chi connectivity index (χ2v) is 4.94. The Morgan fingerprint density at radius 2 is 1.86 bits per heavy atom. The third-order valence-electron chi connectivity index (χ3n) is 3.49. The fourth-order valence-electron chi connectivity index (χ4n) is 2.18. The van der Waals surface area contributed by atoms with E-state index in [9.17, 15) is 14.9 Å². The third kappa shape index (κ3) is 2.77. The van der Waals surface area contributed by atoms with Gasteiger partial charge in [0.15, 0.2) is 5.56 Å². The Labute approximate surface area is 127 Å². The highest BCUT2D eigenvalue weighted by Crippen LogP contribution is 2.12. The minimum Gasteiger partial charge on any atom is -0.368 e. The van der Waals surface area contributed by atoms with E-state index in [-0.39, 0.29) is 17.4 Å². The van der Waals surface area contributed by atoms with Gasteiger partial charge >= 0.3 is 5.69 Å². The summed E-state index contributed by atoms with van der Waals surface area (Å²) in [6.07, 6.45) is 0. The van der Waals surface area contributed by atoms with E-state index >= 15 is 0 Å². The maximum atomic E-state index is 12.0. The van der Waals surface area contributed by atoms with E-state index in [2.05, 4.69) is 5.32 Å². The first-order valence-electron chi connectivity index (χ1n) is 6.72. The lowest BCUT2D eigenvalue weighted by Gasteiger charge is -2.17. The van der Waals surface area contributed by atoms with Crippen LogP contribution in [0, 0.1) is 11.3 Å². The van der Waals surface area contributed by atoms with Crippen molar-refractivity contribution in [3.05, 3.63) is 62.3 Å². The van der Waals surface area contributed by atoms with Gasteiger partial charge in [-0.15, -0.1) is 0 Å². The molecule has 22 heavy (non-hydrogen) atoms. The van der Waals surface area contributed by atoms with Gasteiger partial charge in [-0.3, -0.25) is 13.9 Å². The lowest BCUT2D eigenvalue weighted by Crippen LogP contribution is -2.40. The number of hydrogen-bond donors (Lipinski definition) is 2. The van der Waals surface area contributed by atoms with Gasteiger partial charge in [0.1, 0.15) is 11.9 Å². The van der Waals surface area contributed by atoms with Crippen molar-refractivity contribution in [2.75, 3.05) is 11.9 Å². The summed E-state index contributed by atoms with van der Waals surface area (Å²) in [6.45, 7) is 0.291. The summed E-state index contributed by atoms with van der Waals surface area (Å²) in [7, 11) is 2.84. The number of rotatable bonds is 4.